The van der Waals surface area contributed by atoms with Crippen molar-refractivity contribution in [1.82, 2.24) is 10.2 Å². The van der Waals surface area contributed by atoms with E-state index in [0.717, 1.165) is 25.9 Å². The summed E-state index contributed by atoms with van der Waals surface area (Å²) in [7, 11) is 2.08. The summed E-state index contributed by atoms with van der Waals surface area (Å²) in [5.41, 5.74) is 2.97. The minimum Gasteiger partial charge on any atom is -0.311 e. The van der Waals surface area contributed by atoms with Gasteiger partial charge in [-0.2, -0.15) is 0 Å². The van der Waals surface area contributed by atoms with Gasteiger partial charge in [-0.15, -0.1) is 0 Å². The minimum atomic E-state index is 0.143. The highest BCUT2D eigenvalue weighted by Gasteiger charge is 2.37. The second-order valence-corrected chi connectivity index (χ2v) is 5.70. The molecule has 0 bridgehead atoms. The first kappa shape index (κ1) is 17.2. The van der Waals surface area contributed by atoms with Crippen LogP contribution in [0.4, 0.5) is 0 Å². The van der Waals surface area contributed by atoms with Crippen LogP contribution < -0.4 is 5.32 Å². The van der Waals surface area contributed by atoms with Crippen molar-refractivity contribution >= 4 is 0 Å². The summed E-state index contributed by atoms with van der Waals surface area (Å²) in [6.45, 7) is 13.6. The molecule has 0 fully saturated rings. The quantitative estimate of drug-likeness (QED) is 0.771. The van der Waals surface area contributed by atoms with Crippen molar-refractivity contribution < 1.29 is 0 Å². The van der Waals surface area contributed by atoms with Gasteiger partial charge in [-0.25, -0.2) is 0 Å². The van der Waals surface area contributed by atoms with Crippen molar-refractivity contribution in [1.29, 1.82) is 0 Å². The second-order valence-electron chi connectivity index (χ2n) is 5.70. The second kappa shape index (κ2) is 7.80. The van der Waals surface area contributed by atoms with Gasteiger partial charge in [0.05, 0.1) is 6.04 Å². The van der Waals surface area contributed by atoms with Gasteiger partial charge in [0.2, 0.25) is 0 Å². The van der Waals surface area contributed by atoms with Crippen LogP contribution in [-0.2, 0) is 6.42 Å². The molecular weight excluding hydrogens is 244 g/mol. The molecule has 20 heavy (non-hydrogen) atoms. The Kier molecular flexibility index (Phi) is 6.70. The van der Waals surface area contributed by atoms with Gasteiger partial charge in [-0.1, -0.05) is 52.0 Å². The zero-order chi connectivity index (χ0) is 15.2. The summed E-state index contributed by atoms with van der Waals surface area (Å²) >= 11 is 0. The average Bonchev–Trinajstić information content (AvgIpc) is 2.49. The van der Waals surface area contributed by atoms with E-state index < -0.39 is 0 Å². The molecule has 0 aromatic heterocycles. The smallest absolute Gasteiger partial charge is 0.0502 e. The van der Waals surface area contributed by atoms with Crippen LogP contribution in [0.15, 0.2) is 24.3 Å². The Hall–Kier alpha value is -0.860. The summed E-state index contributed by atoms with van der Waals surface area (Å²) in [5, 5.41) is 3.57. The van der Waals surface area contributed by atoms with E-state index in [-0.39, 0.29) is 5.54 Å². The molecule has 2 heteroatoms. The normalized spacial score (nSPS) is 16.1. The highest BCUT2D eigenvalue weighted by molar-refractivity contribution is 5.28. The number of hydrogen-bond donors (Lipinski definition) is 1. The van der Waals surface area contributed by atoms with Crippen molar-refractivity contribution in [3.63, 3.8) is 0 Å². The molecule has 0 aliphatic carbocycles. The molecule has 0 saturated heterocycles. The Balaban J connectivity index is 3.19. The Morgan fingerprint density at radius 1 is 1.15 bits per heavy atom. The van der Waals surface area contributed by atoms with Gasteiger partial charge < -0.3 is 5.32 Å². The lowest BCUT2D eigenvalue weighted by molar-refractivity contribution is 0.0728. The molecule has 1 aromatic carbocycles. The van der Waals surface area contributed by atoms with Crippen molar-refractivity contribution in [2.24, 2.45) is 0 Å². The summed E-state index contributed by atoms with van der Waals surface area (Å²) in [4.78, 5) is 2.58. The van der Waals surface area contributed by atoms with Crippen LogP contribution in [-0.4, -0.2) is 30.6 Å². The Bertz CT molecular complexity index is 398. The minimum absolute atomic E-state index is 0.143. The summed E-state index contributed by atoms with van der Waals surface area (Å²) in [6, 6.07) is 9.39. The number of hydrogen-bond acceptors (Lipinski definition) is 2. The third-order valence-corrected chi connectivity index (χ3v) is 4.80. The SMILES string of the molecule is CCc1cccc(C(NC)C(C)(CC)N(CC)CC)c1. The van der Waals surface area contributed by atoms with Gasteiger partial charge in [-0.3, -0.25) is 4.90 Å². The molecule has 0 spiro atoms. The number of nitrogens with zero attached hydrogens (tertiary/aromatic N) is 1. The largest absolute Gasteiger partial charge is 0.311 e. The van der Waals surface area contributed by atoms with E-state index in [2.05, 4.69) is 76.1 Å². The van der Waals surface area contributed by atoms with E-state index in [0.29, 0.717) is 6.04 Å². The number of benzene rings is 1. The molecule has 0 saturated carbocycles. The average molecular weight is 276 g/mol. The highest BCUT2D eigenvalue weighted by Crippen LogP contribution is 2.34. The fraction of sp³-hybridized carbons (Fsp3) is 0.667. The lowest BCUT2D eigenvalue weighted by Crippen LogP contribution is -2.53. The van der Waals surface area contributed by atoms with E-state index in [1.54, 1.807) is 0 Å². The Morgan fingerprint density at radius 3 is 2.25 bits per heavy atom. The third kappa shape index (κ3) is 3.42. The third-order valence-electron chi connectivity index (χ3n) is 4.80. The molecule has 114 valence electrons. The summed E-state index contributed by atoms with van der Waals surface area (Å²) < 4.78 is 0. The van der Waals surface area contributed by atoms with E-state index in [4.69, 9.17) is 0 Å². The van der Waals surface area contributed by atoms with Crippen LogP contribution in [0.2, 0.25) is 0 Å². The maximum atomic E-state index is 3.57. The van der Waals surface area contributed by atoms with Crippen LogP contribution in [0.25, 0.3) is 0 Å². The maximum absolute atomic E-state index is 3.57. The van der Waals surface area contributed by atoms with E-state index in [9.17, 15) is 0 Å². The molecule has 0 heterocycles. The van der Waals surface area contributed by atoms with Gasteiger partial charge in [0.15, 0.2) is 0 Å². The molecule has 2 nitrogen and oxygen atoms in total. The number of nitrogens with one attached hydrogen (secondary N) is 1. The number of likely N-dealkylation sites (N-methyl/N-ethyl adjacent to an activating group) is 2. The molecule has 2 unspecified atom stereocenters. The van der Waals surface area contributed by atoms with Gasteiger partial charge in [0.1, 0.15) is 0 Å². The highest BCUT2D eigenvalue weighted by atomic mass is 15.2. The van der Waals surface area contributed by atoms with Gasteiger partial charge in [0, 0.05) is 5.54 Å². The lowest BCUT2D eigenvalue weighted by atomic mass is 9.82. The summed E-state index contributed by atoms with van der Waals surface area (Å²) in [6.07, 6.45) is 2.23. The number of aryl methyl sites for hydroxylation is 1. The molecular formula is C18H32N2. The molecule has 0 aliphatic rings. The predicted molar refractivity (Wildman–Crippen MR) is 89.2 cm³/mol. The van der Waals surface area contributed by atoms with E-state index in [1.165, 1.54) is 11.1 Å². The predicted octanol–water partition coefficient (Wildman–Crippen LogP) is 4.02. The van der Waals surface area contributed by atoms with Crippen molar-refractivity contribution in [2.45, 2.75) is 59.0 Å². The van der Waals surface area contributed by atoms with Crippen molar-refractivity contribution in [3.05, 3.63) is 35.4 Å². The zero-order valence-corrected chi connectivity index (χ0v) is 14.2. The van der Waals surface area contributed by atoms with Gasteiger partial charge in [-0.05, 0) is 51.0 Å². The fourth-order valence-electron chi connectivity index (χ4n) is 3.39. The molecule has 0 radical (unpaired) electrons. The molecule has 1 aromatic rings. The molecule has 1 N–H and O–H groups in total. The molecule has 2 atom stereocenters. The molecule has 0 amide bonds. The van der Waals surface area contributed by atoms with Crippen LogP contribution in [0, 0.1) is 0 Å². The maximum Gasteiger partial charge on any atom is 0.0502 e. The van der Waals surface area contributed by atoms with E-state index in [1.807, 2.05) is 0 Å². The van der Waals surface area contributed by atoms with Crippen molar-refractivity contribution in [2.75, 3.05) is 20.1 Å². The first-order valence-electron chi connectivity index (χ1n) is 8.08. The standard InChI is InChI=1S/C18H32N2/c1-7-15-12-11-13-16(14-15)17(19-6)18(5,8-2)20(9-3)10-4/h11-14,17,19H,7-10H2,1-6H3. The monoisotopic (exact) mass is 276 g/mol. The van der Waals surface area contributed by atoms with Crippen molar-refractivity contribution in [3.8, 4) is 0 Å². The van der Waals surface area contributed by atoms with Crippen LogP contribution in [0.5, 0.6) is 0 Å². The fourth-order valence-corrected chi connectivity index (χ4v) is 3.39. The first-order valence-corrected chi connectivity index (χ1v) is 8.08. The van der Waals surface area contributed by atoms with E-state index >= 15 is 0 Å². The Morgan fingerprint density at radius 2 is 1.80 bits per heavy atom. The van der Waals surface area contributed by atoms with Gasteiger partial charge >= 0.3 is 0 Å². The first-order chi connectivity index (χ1) is 9.57. The van der Waals surface area contributed by atoms with Gasteiger partial charge in [0.25, 0.3) is 0 Å². The lowest BCUT2D eigenvalue weighted by Gasteiger charge is -2.46. The van der Waals surface area contributed by atoms with Crippen LogP contribution in [0.3, 0.4) is 0 Å². The Labute approximate surface area is 125 Å². The molecule has 0 aliphatic heterocycles. The number of rotatable bonds is 8. The summed E-state index contributed by atoms with van der Waals surface area (Å²) in [5.74, 6) is 0. The zero-order valence-electron chi connectivity index (χ0n) is 14.2. The van der Waals surface area contributed by atoms with Crippen LogP contribution >= 0.6 is 0 Å². The molecule has 1 rings (SSSR count). The topological polar surface area (TPSA) is 15.3 Å². The van der Waals surface area contributed by atoms with Crippen LogP contribution in [0.1, 0.15) is 58.2 Å².